The maximum atomic E-state index is 12.6. The molecule has 90 valence electrons. The van der Waals surface area contributed by atoms with Crippen molar-refractivity contribution in [3.63, 3.8) is 0 Å². The molecule has 2 aromatic rings. The Kier molecular flexibility index (Phi) is 2.86. The molecule has 0 fully saturated rings. The second-order valence-electron chi connectivity index (χ2n) is 3.35. The van der Waals surface area contributed by atoms with Crippen molar-refractivity contribution in [2.24, 2.45) is 0 Å². The van der Waals surface area contributed by atoms with Gasteiger partial charge in [-0.3, -0.25) is 15.0 Å². The van der Waals surface area contributed by atoms with Crippen LogP contribution in [0.4, 0.5) is 14.5 Å². The van der Waals surface area contributed by atoms with Crippen molar-refractivity contribution in [2.45, 2.75) is 13.3 Å². The van der Waals surface area contributed by atoms with E-state index >= 15 is 0 Å². The highest BCUT2D eigenvalue weighted by molar-refractivity contribution is 6.04. The first-order chi connectivity index (χ1) is 8.09. The summed E-state index contributed by atoms with van der Waals surface area (Å²) in [5, 5.41) is 14.3. The second kappa shape index (κ2) is 4.32. The minimum absolute atomic E-state index is 0.00574. The maximum absolute atomic E-state index is 12.6. The van der Waals surface area contributed by atoms with Gasteiger partial charge < -0.3 is 5.32 Å². The Morgan fingerprint density at radius 3 is 2.88 bits per heavy atom. The Bertz CT molecular complexity index is 519. The lowest BCUT2D eigenvalue weighted by molar-refractivity contribution is 0.102. The molecule has 0 unspecified atom stereocenters. The predicted molar refractivity (Wildman–Crippen MR) is 54.8 cm³/mol. The summed E-state index contributed by atoms with van der Waals surface area (Å²) in [6.07, 6.45) is -0.0841. The summed E-state index contributed by atoms with van der Waals surface area (Å²) in [5.74, 6) is -0.523. The van der Waals surface area contributed by atoms with Crippen molar-refractivity contribution in [1.82, 2.24) is 20.4 Å². The maximum Gasteiger partial charge on any atom is 0.284 e. The highest BCUT2D eigenvalue weighted by atomic mass is 19.3. The minimum atomic E-state index is -2.75. The number of carbonyl (C=O) groups excluding carboxylic acids is 1. The number of aromatic amines is 2. The Morgan fingerprint density at radius 2 is 2.29 bits per heavy atom. The molecule has 2 heterocycles. The first-order valence-electron chi connectivity index (χ1n) is 4.72. The third-order valence-electron chi connectivity index (χ3n) is 2.18. The van der Waals surface area contributed by atoms with Crippen LogP contribution in [0, 0.1) is 6.92 Å². The van der Waals surface area contributed by atoms with Crippen molar-refractivity contribution < 1.29 is 13.6 Å². The zero-order valence-corrected chi connectivity index (χ0v) is 8.79. The normalized spacial score (nSPS) is 10.8. The first kappa shape index (κ1) is 11.2. The number of carbonyl (C=O) groups is 1. The average Bonchev–Trinajstić information content (AvgIpc) is 2.89. The molecular weight excluding hydrogens is 232 g/mol. The molecule has 0 atom stereocenters. The fourth-order valence-electron chi connectivity index (χ4n) is 1.32. The number of hydrogen-bond acceptors (Lipinski definition) is 3. The average molecular weight is 241 g/mol. The van der Waals surface area contributed by atoms with Crippen LogP contribution in [0.5, 0.6) is 0 Å². The zero-order chi connectivity index (χ0) is 12.4. The fraction of sp³-hybridized carbons (Fsp3) is 0.222. The Balaban J connectivity index is 2.24. The van der Waals surface area contributed by atoms with E-state index in [1.54, 1.807) is 6.92 Å². The third-order valence-corrected chi connectivity index (χ3v) is 2.18. The zero-order valence-electron chi connectivity index (χ0n) is 8.79. The summed E-state index contributed by atoms with van der Waals surface area (Å²) in [7, 11) is 0. The topological polar surface area (TPSA) is 86.5 Å². The van der Waals surface area contributed by atoms with E-state index in [1.807, 2.05) is 0 Å². The van der Waals surface area contributed by atoms with Gasteiger partial charge in [0.25, 0.3) is 12.3 Å². The molecule has 0 radical (unpaired) electrons. The summed E-state index contributed by atoms with van der Waals surface area (Å²) in [6.45, 7) is 1.55. The standard InChI is InChI=1S/C9H9F2N5O/c1-4-6(7(8(10)11)16-15-4)14-9(17)5-2-12-13-3-5/h2-3,8H,1H3,(H,12,13)(H,14,17)(H,15,16). The van der Waals surface area contributed by atoms with E-state index in [9.17, 15) is 13.6 Å². The van der Waals surface area contributed by atoms with Crippen molar-refractivity contribution in [2.75, 3.05) is 5.32 Å². The number of alkyl halides is 2. The van der Waals surface area contributed by atoms with Gasteiger partial charge in [-0.2, -0.15) is 10.2 Å². The number of nitrogens with one attached hydrogen (secondary N) is 3. The van der Waals surface area contributed by atoms with Crippen molar-refractivity contribution in [3.05, 3.63) is 29.3 Å². The molecule has 0 saturated heterocycles. The molecule has 0 aromatic carbocycles. The summed E-state index contributed by atoms with van der Waals surface area (Å²) in [4.78, 5) is 11.6. The van der Waals surface area contributed by atoms with Gasteiger partial charge in [0.15, 0.2) is 5.69 Å². The number of aromatic nitrogens is 4. The quantitative estimate of drug-likeness (QED) is 0.763. The highest BCUT2D eigenvalue weighted by Gasteiger charge is 2.21. The van der Waals surface area contributed by atoms with Gasteiger partial charge in [0.1, 0.15) is 0 Å². The van der Waals surface area contributed by atoms with E-state index in [4.69, 9.17) is 0 Å². The lowest BCUT2D eigenvalue weighted by atomic mass is 10.2. The molecule has 8 heteroatoms. The Hall–Kier alpha value is -2.25. The van der Waals surface area contributed by atoms with Crippen molar-refractivity contribution >= 4 is 11.6 Å². The van der Waals surface area contributed by atoms with Crippen LogP contribution in [0.3, 0.4) is 0 Å². The number of nitrogens with zero attached hydrogens (tertiary/aromatic N) is 2. The molecule has 0 spiro atoms. The van der Waals surface area contributed by atoms with E-state index in [0.717, 1.165) is 0 Å². The van der Waals surface area contributed by atoms with Crippen LogP contribution in [0.2, 0.25) is 0 Å². The summed E-state index contributed by atoms with van der Waals surface area (Å²) >= 11 is 0. The molecule has 0 saturated carbocycles. The number of amides is 1. The van der Waals surface area contributed by atoms with E-state index in [0.29, 0.717) is 5.69 Å². The van der Waals surface area contributed by atoms with Gasteiger partial charge in [-0.05, 0) is 6.92 Å². The molecule has 0 aliphatic heterocycles. The molecule has 2 rings (SSSR count). The molecule has 1 amide bonds. The largest absolute Gasteiger partial charge is 0.319 e. The lowest BCUT2D eigenvalue weighted by Gasteiger charge is -2.04. The summed E-state index contributed by atoms with van der Waals surface area (Å²) in [5.41, 5.74) is 0.161. The number of rotatable bonds is 3. The van der Waals surface area contributed by atoms with Crippen molar-refractivity contribution in [1.29, 1.82) is 0 Å². The van der Waals surface area contributed by atoms with Crippen LogP contribution in [-0.4, -0.2) is 26.3 Å². The predicted octanol–water partition coefficient (Wildman–Crippen LogP) is 1.63. The van der Waals surface area contributed by atoms with Gasteiger partial charge in [0.2, 0.25) is 0 Å². The Labute approximate surface area is 94.4 Å². The smallest absolute Gasteiger partial charge is 0.284 e. The molecule has 0 aliphatic rings. The molecule has 17 heavy (non-hydrogen) atoms. The molecule has 6 nitrogen and oxygen atoms in total. The lowest BCUT2D eigenvalue weighted by Crippen LogP contribution is -2.12. The molecule has 3 N–H and O–H groups in total. The van der Waals surface area contributed by atoms with E-state index in [1.165, 1.54) is 12.4 Å². The molecule has 0 aliphatic carbocycles. The minimum Gasteiger partial charge on any atom is -0.319 e. The molecule has 2 aromatic heterocycles. The van der Waals surface area contributed by atoms with Gasteiger partial charge in [0.05, 0.1) is 23.1 Å². The summed E-state index contributed by atoms with van der Waals surface area (Å²) < 4.78 is 25.2. The fourth-order valence-corrected chi connectivity index (χ4v) is 1.32. The number of H-pyrrole nitrogens is 2. The Morgan fingerprint density at radius 1 is 1.53 bits per heavy atom. The molecular formula is C9H9F2N5O. The van der Waals surface area contributed by atoms with Crippen LogP contribution in [0.25, 0.3) is 0 Å². The van der Waals surface area contributed by atoms with Crippen LogP contribution in [-0.2, 0) is 0 Å². The van der Waals surface area contributed by atoms with Crippen LogP contribution >= 0.6 is 0 Å². The highest BCUT2D eigenvalue weighted by Crippen LogP contribution is 2.27. The monoisotopic (exact) mass is 241 g/mol. The van der Waals surface area contributed by atoms with Crippen molar-refractivity contribution in [3.8, 4) is 0 Å². The van der Waals surface area contributed by atoms with Gasteiger partial charge in [-0.1, -0.05) is 0 Å². The SMILES string of the molecule is Cc1[nH]nc(C(F)F)c1NC(=O)c1cn[nH]c1. The van der Waals surface area contributed by atoms with Crippen LogP contribution in [0.1, 0.15) is 28.2 Å². The van der Waals surface area contributed by atoms with Gasteiger partial charge in [0, 0.05) is 6.20 Å². The van der Waals surface area contributed by atoms with E-state index in [-0.39, 0.29) is 11.3 Å². The number of aryl methyl sites for hydroxylation is 1. The first-order valence-corrected chi connectivity index (χ1v) is 4.72. The van der Waals surface area contributed by atoms with Gasteiger partial charge in [-0.15, -0.1) is 0 Å². The number of halogens is 2. The van der Waals surface area contributed by atoms with Gasteiger partial charge in [-0.25, -0.2) is 8.78 Å². The van der Waals surface area contributed by atoms with Crippen LogP contribution < -0.4 is 5.32 Å². The number of anilines is 1. The van der Waals surface area contributed by atoms with Crippen LogP contribution in [0.15, 0.2) is 12.4 Å². The van der Waals surface area contributed by atoms with E-state index < -0.39 is 18.0 Å². The second-order valence-corrected chi connectivity index (χ2v) is 3.35. The van der Waals surface area contributed by atoms with Gasteiger partial charge >= 0.3 is 0 Å². The summed E-state index contributed by atoms with van der Waals surface area (Å²) in [6, 6.07) is 0. The molecule has 0 bridgehead atoms. The van der Waals surface area contributed by atoms with E-state index in [2.05, 4.69) is 25.7 Å². The number of hydrogen-bond donors (Lipinski definition) is 3. The third kappa shape index (κ3) is 2.14.